The molecule has 2 fully saturated rings. The third-order valence-corrected chi connectivity index (χ3v) is 5.53. The molecule has 0 spiro atoms. The lowest BCUT2D eigenvalue weighted by molar-refractivity contribution is 0.0802. The molecule has 20 heavy (non-hydrogen) atoms. The van der Waals surface area contributed by atoms with Crippen molar-refractivity contribution < 1.29 is 0 Å². The zero-order valence-electron chi connectivity index (χ0n) is 12.2. The fourth-order valence-corrected chi connectivity index (χ4v) is 4.30. The van der Waals surface area contributed by atoms with Gasteiger partial charge >= 0.3 is 0 Å². The zero-order chi connectivity index (χ0) is 13.6. The van der Waals surface area contributed by atoms with Gasteiger partial charge in [0.1, 0.15) is 0 Å². The molecule has 2 heterocycles. The van der Waals surface area contributed by atoms with Crippen LogP contribution in [0.5, 0.6) is 0 Å². The van der Waals surface area contributed by atoms with E-state index in [-0.39, 0.29) is 0 Å². The Morgan fingerprint density at radius 3 is 2.70 bits per heavy atom. The second kappa shape index (κ2) is 4.59. The molecule has 2 aromatic rings. The molecule has 4 rings (SSSR count). The smallest absolute Gasteiger partial charge is 0.0709 e. The number of fused-ring (bicyclic) bond motifs is 1. The molecular formula is C17H23N3. The highest BCUT2D eigenvalue weighted by Gasteiger charge is 2.45. The number of benzene rings is 1. The Morgan fingerprint density at radius 2 is 2.00 bits per heavy atom. The highest BCUT2D eigenvalue weighted by Crippen LogP contribution is 2.45. The van der Waals surface area contributed by atoms with Crippen LogP contribution >= 0.6 is 0 Å². The Labute approximate surface area is 120 Å². The molecule has 1 aliphatic heterocycles. The summed E-state index contributed by atoms with van der Waals surface area (Å²) in [6, 6.07) is 8.64. The summed E-state index contributed by atoms with van der Waals surface area (Å²) in [4.78, 5) is 0. The average molecular weight is 269 g/mol. The summed E-state index contributed by atoms with van der Waals surface area (Å²) in [5, 5.41) is 9.68. The quantitative estimate of drug-likeness (QED) is 0.928. The average Bonchev–Trinajstić information content (AvgIpc) is 3.04. The number of rotatable bonds is 3. The number of hydrogen-bond acceptors (Lipinski definition) is 2. The lowest BCUT2D eigenvalue weighted by atomic mass is 9.66. The predicted molar refractivity (Wildman–Crippen MR) is 81.7 cm³/mol. The van der Waals surface area contributed by atoms with Crippen LogP contribution in [0.15, 0.2) is 24.3 Å². The Hall–Kier alpha value is -1.35. The van der Waals surface area contributed by atoms with E-state index in [0.29, 0.717) is 5.41 Å². The van der Waals surface area contributed by atoms with Crippen molar-refractivity contribution in [3.63, 3.8) is 0 Å². The number of hydrogen-bond donors (Lipinski definition) is 1. The van der Waals surface area contributed by atoms with E-state index in [9.17, 15) is 0 Å². The number of aromatic nitrogens is 2. The van der Waals surface area contributed by atoms with Crippen LogP contribution < -0.4 is 5.32 Å². The van der Waals surface area contributed by atoms with E-state index < -0.39 is 0 Å². The lowest BCUT2D eigenvalue weighted by Gasteiger charge is -2.47. The predicted octanol–water partition coefficient (Wildman–Crippen LogP) is 2.90. The number of nitrogens with zero attached hydrogens (tertiary/aromatic N) is 2. The molecule has 0 radical (unpaired) electrons. The SMILES string of the molecule is Cn1nc(CC2(C3CCCC3)CNC2)c2ccccc21. The van der Waals surface area contributed by atoms with Gasteiger partial charge in [-0.05, 0) is 24.8 Å². The van der Waals surface area contributed by atoms with E-state index in [0.717, 1.165) is 12.3 Å². The van der Waals surface area contributed by atoms with Gasteiger partial charge in [-0.2, -0.15) is 5.10 Å². The monoisotopic (exact) mass is 269 g/mol. The number of para-hydroxylation sites is 1. The van der Waals surface area contributed by atoms with Gasteiger partial charge in [0.15, 0.2) is 0 Å². The first-order valence-corrected chi connectivity index (χ1v) is 7.90. The van der Waals surface area contributed by atoms with Crippen molar-refractivity contribution in [3.05, 3.63) is 30.0 Å². The summed E-state index contributed by atoms with van der Waals surface area (Å²) >= 11 is 0. The van der Waals surface area contributed by atoms with Gasteiger partial charge in [-0.1, -0.05) is 31.0 Å². The highest BCUT2D eigenvalue weighted by molar-refractivity contribution is 5.81. The second-order valence-electron chi connectivity index (χ2n) is 6.71. The number of aryl methyl sites for hydroxylation is 1. The van der Waals surface area contributed by atoms with E-state index in [1.165, 1.54) is 55.4 Å². The molecule has 1 aromatic heterocycles. The zero-order valence-corrected chi connectivity index (χ0v) is 12.2. The molecule has 1 saturated heterocycles. The molecule has 3 nitrogen and oxygen atoms in total. The van der Waals surface area contributed by atoms with Crippen LogP contribution in [0, 0.1) is 11.3 Å². The molecule has 0 bridgehead atoms. The molecule has 1 aliphatic carbocycles. The van der Waals surface area contributed by atoms with Gasteiger partial charge in [-0.15, -0.1) is 0 Å². The van der Waals surface area contributed by atoms with Gasteiger partial charge < -0.3 is 5.32 Å². The van der Waals surface area contributed by atoms with Crippen molar-refractivity contribution in [2.24, 2.45) is 18.4 Å². The van der Waals surface area contributed by atoms with Crippen molar-refractivity contribution in [1.82, 2.24) is 15.1 Å². The van der Waals surface area contributed by atoms with E-state index in [2.05, 4.69) is 36.6 Å². The minimum Gasteiger partial charge on any atom is -0.315 e. The van der Waals surface area contributed by atoms with Gasteiger partial charge in [0, 0.05) is 37.4 Å². The maximum Gasteiger partial charge on any atom is 0.0709 e. The molecule has 0 atom stereocenters. The summed E-state index contributed by atoms with van der Waals surface area (Å²) in [6.45, 7) is 2.37. The van der Waals surface area contributed by atoms with Gasteiger partial charge in [-0.25, -0.2) is 0 Å². The first kappa shape index (κ1) is 12.4. The van der Waals surface area contributed by atoms with Crippen molar-refractivity contribution in [2.75, 3.05) is 13.1 Å². The minimum atomic E-state index is 0.480. The molecule has 0 unspecified atom stereocenters. The van der Waals surface area contributed by atoms with Crippen LogP contribution in [0.1, 0.15) is 31.4 Å². The summed E-state index contributed by atoms with van der Waals surface area (Å²) in [5.41, 5.74) is 3.04. The van der Waals surface area contributed by atoms with Gasteiger partial charge in [-0.3, -0.25) is 4.68 Å². The maximum atomic E-state index is 4.82. The Kier molecular flexibility index (Phi) is 2.84. The van der Waals surface area contributed by atoms with E-state index in [4.69, 9.17) is 5.10 Å². The standard InChI is InChI=1S/C17H23N3/c1-20-16-9-5-4-8-14(16)15(19-20)10-17(11-18-12-17)13-6-2-3-7-13/h4-5,8-9,13,18H,2-3,6-7,10-12H2,1H3. The van der Waals surface area contributed by atoms with E-state index in [1.54, 1.807) is 0 Å². The molecule has 0 amide bonds. The Bertz CT molecular complexity index is 618. The Balaban J connectivity index is 1.69. The Morgan fingerprint density at radius 1 is 1.25 bits per heavy atom. The van der Waals surface area contributed by atoms with Crippen LogP contribution in [0.25, 0.3) is 10.9 Å². The van der Waals surface area contributed by atoms with E-state index >= 15 is 0 Å². The topological polar surface area (TPSA) is 29.9 Å². The highest BCUT2D eigenvalue weighted by atomic mass is 15.3. The molecule has 1 saturated carbocycles. The molecular weight excluding hydrogens is 246 g/mol. The van der Waals surface area contributed by atoms with E-state index in [1.807, 2.05) is 4.68 Å². The van der Waals surface area contributed by atoms with Crippen molar-refractivity contribution >= 4 is 10.9 Å². The van der Waals surface area contributed by atoms with Crippen LogP contribution in [-0.4, -0.2) is 22.9 Å². The first-order chi connectivity index (χ1) is 9.78. The normalized spacial score (nSPS) is 22.2. The van der Waals surface area contributed by atoms with Crippen LogP contribution in [0.3, 0.4) is 0 Å². The minimum absolute atomic E-state index is 0.480. The maximum absolute atomic E-state index is 4.82. The third-order valence-electron chi connectivity index (χ3n) is 5.53. The second-order valence-corrected chi connectivity index (χ2v) is 6.71. The third kappa shape index (κ3) is 1.80. The fraction of sp³-hybridized carbons (Fsp3) is 0.588. The van der Waals surface area contributed by atoms with Crippen molar-refractivity contribution in [2.45, 2.75) is 32.1 Å². The molecule has 1 N–H and O–H groups in total. The summed E-state index contributed by atoms with van der Waals surface area (Å²) < 4.78 is 2.04. The largest absolute Gasteiger partial charge is 0.315 e. The fourth-order valence-electron chi connectivity index (χ4n) is 4.30. The van der Waals surface area contributed by atoms with Gasteiger partial charge in [0.2, 0.25) is 0 Å². The van der Waals surface area contributed by atoms with Crippen LogP contribution in [0.2, 0.25) is 0 Å². The van der Waals surface area contributed by atoms with Crippen molar-refractivity contribution in [3.8, 4) is 0 Å². The number of nitrogens with one attached hydrogen (secondary N) is 1. The molecule has 106 valence electrons. The summed E-state index contributed by atoms with van der Waals surface area (Å²) in [7, 11) is 2.06. The molecule has 3 heteroatoms. The van der Waals surface area contributed by atoms with Gasteiger partial charge in [0.05, 0.1) is 11.2 Å². The molecule has 2 aliphatic rings. The lowest BCUT2D eigenvalue weighted by Crippen LogP contribution is -2.58. The van der Waals surface area contributed by atoms with Crippen molar-refractivity contribution in [1.29, 1.82) is 0 Å². The van der Waals surface area contributed by atoms with Gasteiger partial charge in [0.25, 0.3) is 0 Å². The van der Waals surface area contributed by atoms with Crippen LogP contribution in [-0.2, 0) is 13.5 Å². The summed E-state index contributed by atoms with van der Waals surface area (Å²) in [5.74, 6) is 0.907. The van der Waals surface area contributed by atoms with Crippen LogP contribution in [0.4, 0.5) is 0 Å². The summed E-state index contributed by atoms with van der Waals surface area (Å²) in [6.07, 6.45) is 6.84. The molecule has 1 aromatic carbocycles. The first-order valence-electron chi connectivity index (χ1n) is 7.90.